The first-order valence-electron chi connectivity index (χ1n) is 4.79. The zero-order valence-corrected chi connectivity index (χ0v) is 10.4. The number of ether oxygens (including phenoxy) is 1. The molecular formula is C11H11BrO5. The number of halogens is 1. The van der Waals surface area contributed by atoms with E-state index in [0.29, 0.717) is 5.56 Å². The van der Waals surface area contributed by atoms with Crippen molar-refractivity contribution in [2.24, 2.45) is 0 Å². The van der Waals surface area contributed by atoms with E-state index in [4.69, 9.17) is 10.2 Å². The number of aliphatic hydroxyl groups excluding tert-OH is 2. The molecule has 1 rings (SSSR count). The molecule has 92 valence electrons. The molecule has 0 radical (unpaired) electrons. The van der Waals surface area contributed by atoms with E-state index < -0.39 is 25.3 Å². The van der Waals surface area contributed by atoms with Crippen LogP contribution in [0.15, 0.2) is 28.7 Å². The second-order valence-electron chi connectivity index (χ2n) is 3.24. The van der Waals surface area contributed by atoms with Gasteiger partial charge in [-0.1, -0.05) is 28.1 Å². The lowest BCUT2D eigenvalue weighted by molar-refractivity contribution is -0.154. The Morgan fingerprint density at radius 3 is 2.41 bits per heavy atom. The van der Waals surface area contributed by atoms with Crippen LogP contribution in [-0.2, 0) is 9.53 Å². The molecule has 6 heteroatoms. The van der Waals surface area contributed by atoms with Crippen LogP contribution in [0, 0.1) is 0 Å². The molecule has 0 aliphatic carbocycles. The molecule has 0 heterocycles. The van der Waals surface area contributed by atoms with Crippen LogP contribution in [0.25, 0.3) is 0 Å². The van der Waals surface area contributed by atoms with Crippen molar-refractivity contribution in [1.29, 1.82) is 0 Å². The Balaban J connectivity index is 2.50. The summed E-state index contributed by atoms with van der Waals surface area (Å²) in [4.78, 5) is 22.5. The highest BCUT2D eigenvalue weighted by atomic mass is 79.9. The van der Waals surface area contributed by atoms with Gasteiger partial charge in [0.15, 0.2) is 18.5 Å². The normalized spacial score (nSPS) is 11.9. The number of carbonyl (C=O) groups is 2. The fourth-order valence-corrected chi connectivity index (χ4v) is 1.29. The molecule has 0 spiro atoms. The summed E-state index contributed by atoms with van der Waals surface area (Å²) in [6, 6.07) is 6.56. The van der Waals surface area contributed by atoms with Gasteiger partial charge >= 0.3 is 5.97 Å². The summed E-state index contributed by atoms with van der Waals surface area (Å²) >= 11 is 3.23. The molecular weight excluding hydrogens is 292 g/mol. The van der Waals surface area contributed by atoms with Crippen LogP contribution < -0.4 is 0 Å². The number of rotatable bonds is 5. The number of carbonyl (C=O) groups excluding carboxylic acids is 2. The molecule has 0 saturated heterocycles. The van der Waals surface area contributed by atoms with E-state index >= 15 is 0 Å². The van der Waals surface area contributed by atoms with E-state index in [1.165, 1.54) is 0 Å². The first-order valence-corrected chi connectivity index (χ1v) is 5.58. The number of aliphatic hydroxyl groups is 2. The predicted molar refractivity (Wildman–Crippen MR) is 62.5 cm³/mol. The lowest BCUT2D eigenvalue weighted by Crippen LogP contribution is -2.28. The fourth-order valence-electron chi connectivity index (χ4n) is 1.03. The summed E-state index contributed by atoms with van der Waals surface area (Å²) in [5.41, 5.74) is 0.402. The average molecular weight is 303 g/mol. The second kappa shape index (κ2) is 6.48. The SMILES string of the molecule is O=C(COC(=O)[C@H](O)CO)c1ccc(Br)cc1. The summed E-state index contributed by atoms with van der Waals surface area (Å²) < 4.78 is 5.37. The van der Waals surface area contributed by atoms with E-state index in [1.54, 1.807) is 24.3 Å². The minimum absolute atomic E-state index is 0.379. The third-order valence-corrected chi connectivity index (χ3v) is 2.49. The molecule has 0 aromatic heterocycles. The van der Waals surface area contributed by atoms with E-state index in [-0.39, 0.29) is 5.78 Å². The zero-order valence-electron chi connectivity index (χ0n) is 8.80. The van der Waals surface area contributed by atoms with Crippen molar-refractivity contribution in [3.8, 4) is 0 Å². The molecule has 2 N–H and O–H groups in total. The predicted octanol–water partition coefficient (Wildman–Crippen LogP) is 0.528. The second-order valence-corrected chi connectivity index (χ2v) is 4.15. The number of benzene rings is 1. The van der Waals surface area contributed by atoms with Gasteiger partial charge in [0.25, 0.3) is 0 Å². The summed E-state index contributed by atoms with van der Waals surface area (Å²) in [6.45, 7) is -1.19. The molecule has 1 aromatic carbocycles. The molecule has 1 atom stereocenters. The Bertz CT molecular complexity index is 401. The van der Waals surface area contributed by atoms with Gasteiger partial charge in [-0.05, 0) is 12.1 Å². The quantitative estimate of drug-likeness (QED) is 0.612. The smallest absolute Gasteiger partial charge is 0.337 e. The first-order chi connectivity index (χ1) is 8.04. The molecule has 1 aromatic rings. The minimum atomic E-state index is -1.60. The lowest BCUT2D eigenvalue weighted by Gasteiger charge is -2.07. The van der Waals surface area contributed by atoms with Crippen LogP contribution in [-0.4, -0.2) is 41.3 Å². The Kier molecular flexibility index (Phi) is 5.27. The molecule has 0 fully saturated rings. The average Bonchev–Trinajstić information content (AvgIpc) is 2.35. The van der Waals surface area contributed by atoms with Gasteiger partial charge in [-0.3, -0.25) is 4.79 Å². The first kappa shape index (κ1) is 13.8. The largest absolute Gasteiger partial charge is 0.455 e. The van der Waals surface area contributed by atoms with E-state index in [1.807, 2.05) is 0 Å². The summed E-state index contributed by atoms with van der Waals surface area (Å²) in [7, 11) is 0. The van der Waals surface area contributed by atoms with Gasteiger partial charge in [-0.25, -0.2) is 4.79 Å². The van der Waals surface area contributed by atoms with Gasteiger partial charge in [-0.2, -0.15) is 0 Å². The Morgan fingerprint density at radius 2 is 1.88 bits per heavy atom. The highest BCUT2D eigenvalue weighted by Gasteiger charge is 2.17. The van der Waals surface area contributed by atoms with Crippen LogP contribution in [0.3, 0.4) is 0 Å². The third-order valence-electron chi connectivity index (χ3n) is 1.96. The monoisotopic (exact) mass is 302 g/mol. The molecule has 0 aliphatic rings. The Hall–Kier alpha value is -1.24. The maximum atomic E-state index is 11.5. The molecule has 0 saturated carbocycles. The van der Waals surface area contributed by atoms with E-state index in [9.17, 15) is 9.59 Å². The van der Waals surface area contributed by atoms with Crippen LogP contribution >= 0.6 is 15.9 Å². The zero-order chi connectivity index (χ0) is 12.8. The van der Waals surface area contributed by atoms with Crippen molar-refractivity contribution in [2.45, 2.75) is 6.10 Å². The van der Waals surface area contributed by atoms with Crippen molar-refractivity contribution in [2.75, 3.05) is 13.2 Å². The maximum absolute atomic E-state index is 11.5. The summed E-state index contributed by atoms with van der Waals surface area (Å²) in [5.74, 6) is -1.39. The van der Waals surface area contributed by atoms with Crippen LogP contribution in [0.2, 0.25) is 0 Å². The topological polar surface area (TPSA) is 83.8 Å². The Labute approximate surface area is 106 Å². The van der Waals surface area contributed by atoms with Gasteiger partial charge in [-0.15, -0.1) is 0 Å². The number of Topliss-reactive ketones (excluding diaryl/α,β-unsaturated/α-hetero) is 1. The molecule has 17 heavy (non-hydrogen) atoms. The maximum Gasteiger partial charge on any atom is 0.337 e. The lowest BCUT2D eigenvalue weighted by atomic mass is 10.1. The number of ketones is 1. The molecule has 0 unspecified atom stereocenters. The summed E-state index contributed by atoms with van der Waals surface area (Å²) in [5, 5.41) is 17.4. The van der Waals surface area contributed by atoms with Crippen molar-refractivity contribution in [3.05, 3.63) is 34.3 Å². The molecule has 5 nitrogen and oxygen atoms in total. The van der Waals surface area contributed by atoms with E-state index in [0.717, 1.165) is 4.47 Å². The fraction of sp³-hybridized carbons (Fsp3) is 0.273. The minimum Gasteiger partial charge on any atom is -0.455 e. The standard InChI is InChI=1S/C11H11BrO5/c12-8-3-1-7(2-4-8)10(15)6-17-11(16)9(14)5-13/h1-4,9,13-14H,5-6H2/t9-/m1/s1. The molecule has 0 amide bonds. The highest BCUT2D eigenvalue weighted by molar-refractivity contribution is 9.10. The van der Waals surface area contributed by atoms with Crippen LogP contribution in [0.4, 0.5) is 0 Å². The van der Waals surface area contributed by atoms with Gasteiger partial charge in [0.05, 0.1) is 6.61 Å². The molecule has 0 aliphatic heterocycles. The van der Waals surface area contributed by atoms with Crippen molar-refractivity contribution in [1.82, 2.24) is 0 Å². The van der Waals surface area contributed by atoms with Crippen LogP contribution in [0.5, 0.6) is 0 Å². The summed E-state index contributed by atoms with van der Waals surface area (Å²) in [6.07, 6.45) is -1.60. The van der Waals surface area contributed by atoms with Gasteiger partial charge < -0.3 is 14.9 Å². The Morgan fingerprint density at radius 1 is 1.29 bits per heavy atom. The van der Waals surface area contributed by atoms with Gasteiger partial charge in [0, 0.05) is 10.0 Å². The number of hydrogen-bond acceptors (Lipinski definition) is 5. The van der Waals surface area contributed by atoms with Crippen LogP contribution in [0.1, 0.15) is 10.4 Å². The van der Waals surface area contributed by atoms with Gasteiger partial charge in [0.1, 0.15) is 0 Å². The number of esters is 1. The third kappa shape index (κ3) is 4.26. The van der Waals surface area contributed by atoms with Crippen molar-refractivity contribution in [3.63, 3.8) is 0 Å². The highest BCUT2D eigenvalue weighted by Crippen LogP contribution is 2.11. The molecule has 0 bridgehead atoms. The van der Waals surface area contributed by atoms with Gasteiger partial charge in [0.2, 0.25) is 0 Å². The number of hydrogen-bond donors (Lipinski definition) is 2. The van der Waals surface area contributed by atoms with E-state index in [2.05, 4.69) is 20.7 Å². The van der Waals surface area contributed by atoms with Crippen molar-refractivity contribution < 1.29 is 24.5 Å². The van der Waals surface area contributed by atoms with Crippen molar-refractivity contribution >= 4 is 27.7 Å².